The first-order valence-corrected chi connectivity index (χ1v) is 8.81. The molecule has 1 unspecified atom stereocenters. The largest absolute Gasteiger partial charge is 0.424 e. The van der Waals surface area contributed by atoms with Gasteiger partial charge in [0.15, 0.2) is 5.89 Å². The number of amides is 1. The van der Waals surface area contributed by atoms with E-state index < -0.39 is 0 Å². The van der Waals surface area contributed by atoms with Gasteiger partial charge in [-0.3, -0.25) is 9.69 Å². The number of ether oxygens (including phenoxy) is 1. The minimum absolute atomic E-state index is 0.156. The number of aryl methyl sites for hydroxylation is 1. The molecule has 0 bridgehead atoms. The normalized spacial score (nSPS) is 22.5. The van der Waals surface area contributed by atoms with Crippen molar-refractivity contribution in [2.75, 3.05) is 57.3 Å². The van der Waals surface area contributed by atoms with Crippen LogP contribution in [0.15, 0.2) is 4.42 Å². The van der Waals surface area contributed by atoms with Gasteiger partial charge in [0.05, 0.1) is 12.6 Å². The number of nitrogens with zero attached hydrogens (tertiary/aromatic N) is 5. The van der Waals surface area contributed by atoms with Crippen molar-refractivity contribution >= 4 is 11.8 Å². The number of anilines is 1. The molecule has 136 valence electrons. The van der Waals surface area contributed by atoms with Gasteiger partial charge in [-0.05, 0) is 13.3 Å². The van der Waals surface area contributed by atoms with Crippen molar-refractivity contribution in [2.45, 2.75) is 26.4 Å². The average Bonchev–Trinajstić information content (AvgIpc) is 2.87. The Bertz CT molecular complexity index is 645. The third-order valence-electron chi connectivity index (χ3n) is 4.64. The minimum atomic E-state index is 0.156. The van der Waals surface area contributed by atoms with E-state index in [1.54, 1.807) is 6.92 Å². The summed E-state index contributed by atoms with van der Waals surface area (Å²) in [5.41, 5.74) is 0.316. The summed E-state index contributed by atoms with van der Waals surface area (Å²) >= 11 is 0. The van der Waals surface area contributed by atoms with E-state index in [9.17, 15) is 4.79 Å². The van der Waals surface area contributed by atoms with Crippen molar-refractivity contribution in [3.63, 3.8) is 0 Å². The summed E-state index contributed by atoms with van der Waals surface area (Å²) in [6.07, 6.45) is 1.14. The van der Waals surface area contributed by atoms with Crippen LogP contribution in [0.5, 0.6) is 0 Å². The zero-order valence-electron chi connectivity index (χ0n) is 14.9. The Hall–Kier alpha value is -2.11. The molecule has 1 atom stereocenters. The SMILES string of the molecule is Cc1nc(C#N)c(N2CCN(C(=O)CN3CCCOC(C)C3)CC2)o1. The van der Waals surface area contributed by atoms with Crippen LogP contribution in [-0.2, 0) is 9.53 Å². The number of hydrogen-bond donors (Lipinski definition) is 0. The molecule has 3 heterocycles. The topological polar surface area (TPSA) is 85.8 Å². The molecule has 0 N–H and O–H groups in total. The van der Waals surface area contributed by atoms with Crippen molar-refractivity contribution in [1.29, 1.82) is 5.26 Å². The number of hydrogen-bond acceptors (Lipinski definition) is 7. The summed E-state index contributed by atoms with van der Waals surface area (Å²) in [6, 6.07) is 2.07. The molecule has 8 heteroatoms. The Balaban J connectivity index is 1.53. The number of piperazine rings is 1. The number of aromatic nitrogens is 1. The molecule has 1 aromatic rings. The third kappa shape index (κ3) is 4.30. The molecule has 3 rings (SSSR count). The summed E-state index contributed by atoms with van der Waals surface area (Å²) in [4.78, 5) is 22.7. The molecule has 0 aromatic carbocycles. The van der Waals surface area contributed by atoms with Gasteiger partial charge in [0.1, 0.15) is 6.07 Å². The second kappa shape index (κ2) is 7.85. The fourth-order valence-electron chi connectivity index (χ4n) is 3.38. The van der Waals surface area contributed by atoms with Crippen LogP contribution in [0.3, 0.4) is 0 Å². The number of carbonyl (C=O) groups excluding carboxylic acids is 1. The Kier molecular flexibility index (Phi) is 5.56. The lowest BCUT2D eigenvalue weighted by atomic mass is 10.2. The maximum absolute atomic E-state index is 12.6. The monoisotopic (exact) mass is 347 g/mol. The second-order valence-electron chi connectivity index (χ2n) is 6.64. The molecular formula is C17H25N5O3. The fourth-order valence-corrected chi connectivity index (χ4v) is 3.38. The number of oxazole rings is 1. The van der Waals surface area contributed by atoms with Crippen LogP contribution in [0.4, 0.5) is 5.88 Å². The van der Waals surface area contributed by atoms with E-state index in [1.807, 2.05) is 16.7 Å². The Morgan fingerprint density at radius 3 is 2.80 bits per heavy atom. The summed E-state index contributed by atoms with van der Waals surface area (Å²) in [5.74, 6) is 1.16. The van der Waals surface area contributed by atoms with Crippen LogP contribution in [0.25, 0.3) is 0 Å². The van der Waals surface area contributed by atoms with E-state index in [0.717, 1.165) is 26.1 Å². The van der Waals surface area contributed by atoms with Crippen LogP contribution < -0.4 is 4.90 Å². The molecule has 2 saturated heterocycles. The zero-order chi connectivity index (χ0) is 17.8. The van der Waals surface area contributed by atoms with Gasteiger partial charge in [-0.15, -0.1) is 0 Å². The van der Waals surface area contributed by atoms with Crippen molar-refractivity contribution in [3.05, 3.63) is 11.6 Å². The smallest absolute Gasteiger partial charge is 0.236 e. The molecule has 25 heavy (non-hydrogen) atoms. The van der Waals surface area contributed by atoms with Gasteiger partial charge in [-0.2, -0.15) is 5.26 Å². The lowest BCUT2D eigenvalue weighted by molar-refractivity contribution is -0.132. The van der Waals surface area contributed by atoms with Crippen molar-refractivity contribution in [2.24, 2.45) is 0 Å². The van der Waals surface area contributed by atoms with Crippen LogP contribution in [0.1, 0.15) is 24.9 Å². The van der Waals surface area contributed by atoms with Gasteiger partial charge in [0.25, 0.3) is 0 Å². The van der Waals surface area contributed by atoms with E-state index >= 15 is 0 Å². The Labute approximate surface area is 147 Å². The fraction of sp³-hybridized carbons (Fsp3) is 0.706. The molecule has 1 amide bonds. The third-order valence-corrected chi connectivity index (χ3v) is 4.64. The molecular weight excluding hydrogens is 322 g/mol. The molecule has 0 spiro atoms. The summed E-state index contributed by atoms with van der Waals surface area (Å²) < 4.78 is 11.2. The van der Waals surface area contributed by atoms with Gasteiger partial charge in [0, 0.05) is 52.8 Å². The van der Waals surface area contributed by atoms with Gasteiger partial charge in [-0.1, -0.05) is 0 Å². The van der Waals surface area contributed by atoms with Gasteiger partial charge < -0.3 is 19.0 Å². The number of carbonyl (C=O) groups is 1. The molecule has 2 aliphatic heterocycles. The van der Waals surface area contributed by atoms with Gasteiger partial charge >= 0.3 is 0 Å². The van der Waals surface area contributed by atoms with Crippen LogP contribution in [0.2, 0.25) is 0 Å². The molecule has 2 aliphatic rings. The van der Waals surface area contributed by atoms with E-state index in [0.29, 0.717) is 50.2 Å². The quantitative estimate of drug-likeness (QED) is 0.792. The second-order valence-corrected chi connectivity index (χ2v) is 6.64. The van der Waals surface area contributed by atoms with Gasteiger partial charge in [-0.25, -0.2) is 4.98 Å². The Morgan fingerprint density at radius 1 is 1.32 bits per heavy atom. The van der Waals surface area contributed by atoms with Crippen LogP contribution in [0, 0.1) is 18.3 Å². The minimum Gasteiger partial charge on any atom is -0.424 e. The average molecular weight is 347 g/mol. The first-order valence-electron chi connectivity index (χ1n) is 8.81. The predicted molar refractivity (Wildman–Crippen MR) is 91.2 cm³/mol. The molecule has 8 nitrogen and oxygen atoms in total. The Morgan fingerprint density at radius 2 is 2.08 bits per heavy atom. The van der Waals surface area contributed by atoms with E-state index in [1.165, 1.54) is 0 Å². The molecule has 0 saturated carbocycles. The zero-order valence-corrected chi connectivity index (χ0v) is 14.9. The van der Waals surface area contributed by atoms with Crippen molar-refractivity contribution in [1.82, 2.24) is 14.8 Å². The van der Waals surface area contributed by atoms with Gasteiger partial charge in [0.2, 0.25) is 17.5 Å². The highest BCUT2D eigenvalue weighted by Gasteiger charge is 2.27. The lowest BCUT2D eigenvalue weighted by Crippen LogP contribution is -2.51. The first kappa shape index (κ1) is 17.7. The van der Waals surface area contributed by atoms with E-state index in [-0.39, 0.29) is 12.0 Å². The first-order chi connectivity index (χ1) is 12.1. The number of nitriles is 1. The van der Waals surface area contributed by atoms with Crippen molar-refractivity contribution in [3.8, 4) is 6.07 Å². The molecule has 0 radical (unpaired) electrons. The maximum atomic E-state index is 12.6. The summed E-state index contributed by atoms with van der Waals surface area (Å²) in [7, 11) is 0. The summed E-state index contributed by atoms with van der Waals surface area (Å²) in [6.45, 7) is 9.24. The lowest BCUT2D eigenvalue weighted by Gasteiger charge is -2.35. The van der Waals surface area contributed by atoms with E-state index in [2.05, 4.69) is 16.0 Å². The highest BCUT2D eigenvalue weighted by molar-refractivity contribution is 5.78. The van der Waals surface area contributed by atoms with Crippen molar-refractivity contribution < 1.29 is 13.9 Å². The molecule has 0 aliphatic carbocycles. The highest BCUT2D eigenvalue weighted by Crippen LogP contribution is 2.22. The van der Waals surface area contributed by atoms with E-state index in [4.69, 9.17) is 14.4 Å². The highest BCUT2D eigenvalue weighted by atomic mass is 16.5. The molecule has 2 fully saturated rings. The van der Waals surface area contributed by atoms with Crippen LogP contribution >= 0.6 is 0 Å². The van der Waals surface area contributed by atoms with Crippen LogP contribution in [-0.4, -0.2) is 79.2 Å². The summed E-state index contributed by atoms with van der Waals surface area (Å²) in [5, 5.41) is 9.15. The number of rotatable bonds is 3. The predicted octanol–water partition coefficient (Wildman–Crippen LogP) is 0.614. The standard InChI is InChI=1S/C17H25N5O3/c1-13-11-20(4-3-9-24-13)12-16(23)21-5-7-22(8-6-21)17-15(10-18)19-14(2)25-17/h13H,3-9,11-12H2,1-2H3. The maximum Gasteiger partial charge on any atom is 0.236 e. The molecule has 1 aromatic heterocycles.